The summed E-state index contributed by atoms with van der Waals surface area (Å²) in [5.41, 5.74) is 0. The average molecular weight is 289 g/mol. The Bertz CT molecular complexity index is 74.0. The molecule has 0 bridgehead atoms. The second kappa shape index (κ2) is 42.8. The zero-order valence-corrected chi connectivity index (χ0v) is 16.5. The molecule has 20 heavy (non-hydrogen) atoms. The molecule has 0 unspecified atom stereocenters. The van der Waals surface area contributed by atoms with Crippen molar-refractivity contribution in [2.75, 3.05) is 0 Å². The summed E-state index contributed by atoms with van der Waals surface area (Å²) >= 11 is 0. The number of unbranched alkanes of at least 4 members (excludes halogenated alkanes) is 8. The molecular formula is C20H48. The van der Waals surface area contributed by atoms with Gasteiger partial charge < -0.3 is 0 Å². The topological polar surface area (TPSA) is 0 Å². The van der Waals surface area contributed by atoms with E-state index in [1.807, 2.05) is 0 Å². The van der Waals surface area contributed by atoms with Gasteiger partial charge >= 0.3 is 0 Å². The second-order valence-corrected chi connectivity index (χ2v) is 5.54. The van der Waals surface area contributed by atoms with E-state index in [1.165, 1.54) is 77.0 Å². The van der Waals surface area contributed by atoms with Crippen LogP contribution in [0.2, 0.25) is 0 Å². The lowest BCUT2D eigenvalue weighted by atomic mass is 10.1. The standard InChI is InChI=1S/C8H18.C6H14.2C3H8/c1-3-5-7-8-6-4-2;1-3-5-6-4-2;2*1-3-2/h3-8H2,1-2H3;3-6H2,1-2H3;2*3H2,1-2H3. The van der Waals surface area contributed by atoms with Crippen molar-refractivity contribution >= 4 is 0 Å². The van der Waals surface area contributed by atoms with Crippen LogP contribution in [0.15, 0.2) is 0 Å². The Morgan fingerprint density at radius 1 is 0.300 bits per heavy atom. The molecule has 0 aliphatic heterocycles. The van der Waals surface area contributed by atoms with Crippen LogP contribution in [0.25, 0.3) is 0 Å². The molecule has 0 heteroatoms. The Morgan fingerprint density at radius 3 is 0.600 bits per heavy atom. The molecule has 0 aromatic rings. The third-order valence-corrected chi connectivity index (χ3v) is 2.41. The predicted octanol–water partition coefficient (Wildman–Crippen LogP) is 8.79. The van der Waals surface area contributed by atoms with E-state index >= 15 is 0 Å². The fraction of sp³-hybridized carbons (Fsp3) is 1.00. The lowest BCUT2D eigenvalue weighted by Crippen LogP contribution is -1.73. The van der Waals surface area contributed by atoms with Gasteiger partial charge in [-0.05, 0) is 0 Å². The first kappa shape index (κ1) is 28.2. The van der Waals surface area contributed by atoms with Crippen molar-refractivity contribution in [3.05, 3.63) is 0 Å². The van der Waals surface area contributed by atoms with Gasteiger partial charge in [-0.15, -0.1) is 0 Å². The summed E-state index contributed by atoms with van der Waals surface area (Å²) in [6.07, 6.45) is 16.5. The van der Waals surface area contributed by atoms with Gasteiger partial charge in [0.25, 0.3) is 0 Å². The first-order valence-electron chi connectivity index (χ1n) is 9.66. The van der Waals surface area contributed by atoms with Crippen molar-refractivity contribution in [3.63, 3.8) is 0 Å². The van der Waals surface area contributed by atoms with E-state index in [1.54, 1.807) is 0 Å². The largest absolute Gasteiger partial charge is 0.0656 e. The molecule has 0 amide bonds. The van der Waals surface area contributed by atoms with E-state index in [4.69, 9.17) is 0 Å². The van der Waals surface area contributed by atoms with Gasteiger partial charge in [-0.3, -0.25) is 0 Å². The van der Waals surface area contributed by atoms with Crippen molar-refractivity contribution < 1.29 is 0 Å². The van der Waals surface area contributed by atoms with Crippen LogP contribution >= 0.6 is 0 Å². The molecule has 0 N–H and O–H groups in total. The molecule has 0 saturated heterocycles. The Hall–Kier alpha value is 0. The molecule has 0 nitrogen and oxygen atoms in total. The lowest BCUT2D eigenvalue weighted by molar-refractivity contribution is 0.624. The average Bonchev–Trinajstić information content (AvgIpc) is 2.44. The highest BCUT2D eigenvalue weighted by Crippen LogP contribution is 2.03. The van der Waals surface area contributed by atoms with Gasteiger partial charge in [0.15, 0.2) is 0 Å². The van der Waals surface area contributed by atoms with Gasteiger partial charge in [-0.1, -0.05) is 132 Å². The molecule has 128 valence electrons. The smallest absolute Gasteiger partial charge is 0.0533 e. The summed E-state index contributed by atoms with van der Waals surface area (Å²) in [5.74, 6) is 0. The van der Waals surface area contributed by atoms with Crippen molar-refractivity contribution in [2.24, 2.45) is 0 Å². The first-order valence-corrected chi connectivity index (χ1v) is 9.66. The Labute approximate surface area is 133 Å². The number of rotatable bonds is 8. The molecule has 0 fully saturated rings. The molecule has 0 rings (SSSR count). The summed E-state index contributed by atoms with van der Waals surface area (Å²) in [5, 5.41) is 0. The van der Waals surface area contributed by atoms with Gasteiger partial charge in [-0.25, -0.2) is 0 Å². The highest BCUT2D eigenvalue weighted by atomic mass is 13.9. The lowest BCUT2D eigenvalue weighted by Gasteiger charge is -1.93. The van der Waals surface area contributed by atoms with Crippen molar-refractivity contribution in [1.29, 1.82) is 0 Å². The molecule has 0 aliphatic carbocycles. The fourth-order valence-electron chi connectivity index (χ4n) is 1.35. The van der Waals surface area contributed by atoms with E-state index in [9.17, 15) is 0 Å². The molecule has 0 heterocycles. The van der Waals surface area contributed by atoms with Gasteiger partial charge in [-0.2, -0.15) is 0 Å². The predicted molar refractivity (Wildman–Crippen MR) is 101 cm³/mol. The molecular weight excluding hydrogens is 240 g/mol. The van der Waals surface area contributed by atoms with Crippen LogP contribution in [-0.2, 0) is 0 Å². The third kappa shape index (κ3) is 81.3. The van der Waals surface area contributed by atoms with Gasteiger partial charge in [0, 0.05) is 0 Å². The summed E-state index contributed by atoms with van der Waals surface area (Å²) in [4.78, 5) is 0. The fourth-order valence-corrected chi connectivity index (χ4v) is 1.35. The molecule has 0 spiro atoms. The van der Waals surface area contributed by atoms with Gasteiger partial charge in [0.05, 0.1) is 0 Å². The van der Waals surface area contributed by atoms with Gasteiger partial charge in [0.2, 0.25) is 0 Å². The van der Waals surface area contributed by atoms with Crippen LogP contribution in [0, 0.1) is 0 Å². The van der Waals surface area contributed by atoms with Crippen LogP contribution in [-0.4, -0.2) is 0 Å². The van der Waals surface area contributed by atoms with E-state index in [0.29, 0.717) is 0 Å². The Morgan fingerprint density at radius 2 is 0.450 bits per heavy atom. The maximum Gasteiger partial charge on any atom is -0.0533 e. The molecule has 0 atom stereocenters. The zero-order chi connectivity index (χ0) is 16.5. The monoisotopic (exact) mass is 288 g/mol. The highest BCUT2D eigenvalue weighted by molar-refractivity contribution is 4.39. The first-order chi connectivity index (χ1) is 9.66. The molecule has 0 aromatic carbocycles. The van der Waals surface area contributed by atoms with E-state index < -0.39 is 0 Å². The molecule has 0 aromatic heterocycles. The molecule has 0 radical (unpaired) electrons. The minimum absolute atomic E-state index is 1.25. The van der Waals surface area contributed by atoms with Crippen LogP contribution in [0.3, 0.4) is 0 Å². The van der Waals surface area contributed by atoms with Gasteiger partial charge in [0.1, 0.15) is 0 Å². The van der Waals surface area contributed by atoms with Crippen molar-refractivity contribution in [2.45, 2.75) is 132 Å². The normalized spacial score (nSPS) is 8.40. The summed E-state index contributed by atoms with van der Waals surface area (Å²) < 4.78 is 0. The number of hydrogen-bond acceptors (Lipinski definition) is 0. The number of hydrogen-bond donors (Lipinski definition) is 0. The minimum atomic E-state index is 1.25. The van der Waals surface area contributed by atoms with Crippen LogP contribution in [0.4, 0.5) is 0 Å². The summed E-state index contributed by atoms with van der Waals surface area (Å²) in [6, 6.07) is 0. The minimum Gasteiger partial charge on any atom is -0.0656 e. The Balaban J connectivity index is -0.0000000941. The third-order valence-electron chi connectivity index (χ3n) is 2.41. The second-order valence-electron chi connectivity index (χ2n) is 5.54. The maximum atomic E-state index is 2.26. The molecule has 0 saturated carbocycles. The Kier molecular flexibility index (Phi) is 60.3. The van der Waals surface area contributed by atoms with Crippen molar-refractivity contribution in [3.8, 4) is 0 Å². The highest BCUT2D eigenvalue weighted by Gasteiger charge is 1.83. The van der Waals surface area contributed by atoms with Crippen LogP contribution < -0.4 is 0 Å². The van der Waals surface area contributed by atoms with E-state index in [0.717, 1.165) is 0 Å². The summed E-state index contributed by atoms with van der Waals surface area (Å²) in [6.45, 7) is 17.5. The van der Waals surface area contributed by atoms with Crippen LogP contribution in [0.5, 0.6) is 0 Å². The summed E-state index contributed by atoms with van der Waals surface area (Å²) in [7, 11) is 0. The van der Waals surface area contributed by atoms with Crippen molar-refractivity contribution in [1.82, 2.24) is 0 Å². The quantitative estimate of drug-likeness (QED) is 0.391. The maximum absolute atomic E-state index is 2.26. The van der Waals surface area contributed by atoms with Crippen LogP contribution in [0.1, 0.15) is 132 Å². The van der Waals surface area contributed by atoms with E-state index in [2.05, 4.69) is 55.4 Å². The SMILES string of the molecule is CCC.CCC.CCCCCC.CCCCCCCC. The molecule has 0 aliphatic rings. The van der Waals surface area contributed by atoms with E-state index in [-0.39, 0.29) is 0 Å². The zero-order valence-electron chi connectivity index (χ0n) is 16.5.